The summed E-state index contributed by atoms with van der Waals surface area (Å²) in [6, 6.07) is 10.5. The summed E-state index contributed by atoms with van der Waals surface area (Å²) in [6.45, 7) is 0. The van der Waals surface area contributed by atoms with Crippen LogP contribution in [-0.4, -0.2) is 7.05 Å². The lowest BCUT2D eigenvalue weighted by molar-refractivity contribution is 0.571. The third kappa shape index (κ3) is 3.37. The SMILES string of the molecule is CNC(c1cc(Cl)cc(Br)c1)c1cccc(Br)c1F. The largest absolute Gasteiger partial charge is 0.309 e. The van der Waals surface area contributed by atoms with Gasteiger partial charge in [-0.25, -0.2) is 4.39 Å². The average molecular weight is 408 g/mol. The second kappa shape index (κ2) is 6.35. The van der Waals surface area contributed by atoms with E-state index in [1.165, 1.54) is 0 Å². The average Bonchev–Trinajstić information content (AvgIpc) is 2.34. The summed E-state index contributed by atoms with van der Waals surface area (Å²) < 4.78 is 15.5. The fraction of sp³-hybridized carbons (Fsp3) is 0.143. The molecule has 1 atom stereocenters. The molecule has 0 spiro atoms. The molecule has 1 nitrogen and oxygen atoms in total. The van der Waals surface area contributed by atoms with Crippen molar-refractivity contribution in [2.24, 2.45) is 0 Å². The zero-order chi connectivity index (χ0) is 14.0. The Balaban J connectivity index is 2.53. The molecule has 1 N–H and O–H groups in total. The van der Waals surface area contributed by atoms with E-state index in [1.54, 1.807) is 25.2 Å². The second-order valence-corrected chi connectivity index (χ2v) is 6.27. The molecule has 0 fully saturated rings. The molecule has 0 radical (unpaired) electrons. The zero-order valence-electron chi connectivity index (χ0n) is 10.1. The predicted octanol–water partition coefficient (Wildman–Crippen LogP) is 5.31. The Bertz CT molecular complexity index is 584. The highest BCUT2D eigenvalue weighted by molar-refractivity contribution is 9.10. The molecule has 2 aromatic rings. The minimum atomic E-state index is -0.266. The predicted molar refractivity (Wildman–Crippen MR) is 84.2 cm³/mol. The van der Waals surface area contributed by atoms with Crippen LogP contribution in [0.1, 0.15) is 17.2 Å². The first-order valence-electron chi connectivity index (χ1n) is 5.60. The van der Waals surface area contributed by atoms with E-state index in [4.69, 9.17) is 11.6 Å². The van der Waals surface area contributed by atoms with Gasteiger partial charge in [0.2, 0.25) is 0 Å². The molecule has 2 rings (SSSR count). The molecule has 2 aromatic carbocycles. The van der Waals surface area contributed by atoms with Gasteiger partial charge in [-0.05, 0) is 52.8 Å². The van der Waals surface area contributed by atoms with Crippen LogP contribution in [0.2, 0.25) is 5.02 Å². The normalized spacial score (nSPS) is 12.5. The Labute approximate surface area is 133 Å². The van der Waals surface area contributed by atoms with E-state index < -0.39 is 0 Å². The van der Waals surface area contributed by atoms with Crippen molar-refractivity contribution in [1.29, 1.82) is 0 Å². The van der Waals surface area contributed by atoms with E-state index in [2.05, 4.69) is 37.2 Å². The summed E-state index contributed by atoms with van der Waals surface area (Å²) in [5.74, 6) is -0.266. The van der Waals surface area contributed by atoms with E-state index in [-0.39, 0.29) is 11.9 Å². The molecular formula is C14H11Br2ClFN. The first-order chi connectivity index (χ1) is 9.02. The van der Waals surface area contributed by atoms with Crippen molar-refractivity contribution >= 4 is 43.5 Å². The minimum absolute atomic E-state index is 0.257. The Kier molecular flexibility index (Phi) is 5.01. The fourth-order valence-corrected chi connectivity index (χ4v) is 3.25. The fourth-order valence-electron chi connectivity index (χ4n) is 1.99. The summed E-state index contributed by atoms with van der Waals surface area (Å²) in [4.78, 5) is 0. The van der Waals surface area contributed by atoms with Gasteiger partial charge in [-0.1, -0.05) is 39.7 Å². The molecule has 0 aliphatic heterocycles. The molecule has 100 valence electrons. The van der Waals surface area contributed by atoms with Gasteiger partial charge in [-0.2, -0.15) is 0 Å². The number of halogens is 4. The molecule has 0 saturated heterocycles. The van der Waals surface area contributed by atoms with Gasteiger partial charge in [0.05, 0.1) is 10.5 Å². The summed E-state index contributed by atoms with van der Waals surface area (Å²) in [7, 11) is 1.79. The van der Waals surface area contributed by atoms with Crippen molar-refractivity contribution in [3.8, 4) is 0 Å². The number of hydrogen-bond acceptors (Lipinski definition) is 1. The second-order valence-electron chi connectivity index (χ2n) is 4.07. The van der Waals surface area contributed by atoms with Gasteiger partial charge in [0, 0.05) is 15.1 Å². The third-order valence-corrected chi connectivity index (χ3v) is 4.09. The summed E-state index contributed by atoms with van der Waals surface area (Å²) in [6.07, 6.45) is 0. The number of nitrogens with one attached hydrogen (secondary N) is 1. The maximum Gasteiger partial charge on any atom is 0.142 e. The summed E-state index contributed by atoms with van der Waals surface area (Å²) >= 11 is 12.7. The lowest BCUT2D eigenvalue weighted by Crippen LogP contribution is -2.19. The minimum Gasteiger partial charge on any atom is -0.309 e. The van der Waals surface area contributed by atoms with Gasteiger partial charge in [0.25, 0.3) is 0 Å². The van der Waals surface area contributed by atoms with E-state index in [0.29, 0.717) is 15.1 Å². The first-order valence-corrected chi connectivity index (χ1v) is 7.56. The maximum absolute atomic E-state index is 14.2. The Morgan fingerprint density at radius 3 is 2.58 bits per heavy atom. The van der Waals surface area contributed by atoms with Gasteiger partial charge >= 0.3 is 0 Å². The highest BCUT2D eigenvalue weighted by atomic mass is 79.9. The van der Waals surface area contributed by atoms with Crippen LogP contribution in [0.25, 0.3) is 0 Å². The molecule has 0 heterocycles. The van der Waals surface area contributed by atoms with Crippen LogP contribution in [-0.2, 0) is 0 Å². The molecule has 5 heteroatoms. The van der Waals surface area contributed by atoms with Gasteiger partial charge in [0.1, 0.15) is 5.82 Å². The van der Waals surface area contributed by atoms with Crippen LogP contribution in [0.3, 0.4) is 0 Å². The van der Waals surface area contributed by atoms with Crippen LogP contribution >= 0.6 is 43.5 Å². The van der Waals surface area contributed by atoms with Crippen molar-refractivity contribution in [1.82, 2.24) is 5.32 Å². The molecular weight excluding hydrogens is 396 g/mol. The van der Waals surface area contributed by atoms with Gasteiger partial charge in [-0.15, -0.1) is 0 Å². The Morgan fingerprint density at radius 2 is 1.95 bits per heavy atom. The van der Waals surface area contributed by atoms with Crippen LogP contribution in [0.15, 0.2) is 45.3 Å². The molecule has 0 bridgehead atoms. The number of rotatable bonds is 3. The van der Waals surface area contributed by atoms with Crippen molar-refractivity contribution in [2.75, 3.05) is 7.05 Å². The monoisotopic (exact) mass is 405 g/mol. The molecule has 0 aromatic heterocycles. The van der Waals surface area contributed by atoms with Crippen molar-refractivity contribution < 1.29 is 4.39 Å². The highest BCUT2D eigenvalue weighted by Gasteiger charge is 2.18. The van der Waals surface area contributed by atoms with E-state index in [0.717, 1.165) is 10.0 Å². The topological polar surface area (TPSA) is 12.0 Å². The standard InChI is InChI=1S/C14H11Br2ClFN/c1-19-14(8-5-9(15)7-10(17)6-8)11-3-2-4-12(16)13(11)18/h2-7,14,19H,1H3. The van der Waals surface area contributed by atoms with Crippen LogP contribution < -0.4 is 5.32 Å². The lowest BCUT2D eigenvalue weighted by Gasteiger charge is -2.19. The van der Waals surface area contributed by atoms with Gasteiger partial charge in [0.15, 0.2) is 0 Å². The highest BCUT2D eigenvalue weighted by Crippen LogP contribution is 2.31. The summed E-state index contributed by atoms with van der Waals surface area (Å²) in [5, 5.41) is 3.73. The Hall–Kier alpha value is -0.420. The smallest absolute Gasteiger partial charge is 0.142 e. The molecule has 0 aliphatic rings. The zero-order valence-corrected chi connectivity index (χ0v) is 14.0. The lowest BCUT2D eigenvalue weighted by atomic mass is 9.98. The van der Waals surface area contributed by atoms with E-state index in [9.17, 15) is 4.39 Å². The molecule has 0 aliphatic carbocycles. The number of hydrogen-bond donors (Lipinski definition) is 1. The molecule has 0 saturated carbocycles. The van der Waals surface area contributed by atoms with Crippen molar-refractivity contribution in [2.45, 2.75) is 6.04 Å². The molecule has 1 unspecified atom stereocenters. The van der Waals surface area contributed by atoms with Crippen LogP contribution in [0, 0.1) is 5.82 Å². The quantitative estimate of drug-likeness (QED) is 0.727. The van der Waals surface area contributed by atoms with Crippen LogP contribution in [0.5, 0.6) is 0 Å². The Morgan fingerprint density at radius 1 is 1.21 bits per heavy atom. The first kappa shape index (κ1) is 15.0. The van der Waals surface area contributed by atoms with E-state index in [1.807, 2.05) is 18.2 Å². The van der Waals surface area contributed by atoms with Gasteiger partial charge in [-0.3, -0.25) is 0 Å². The van der Waals surface area contributed by atoms with Gasteiger partial charge < -0.3 is 5.32 Å². The molecule has 19 heavy (non-hydrogen) atoms. The van der Waals surface area contributed by atoms with Crippen molar-refractivity contribution in [3.05, 3.63) is 67.3 Å². The molecule has 0 amide bonds. The van der Waals surface area contributed by atoms with E-state index >= 15 is 0 Å². The van der Waals surface area contributed by atoms with Crippen molar-refractivity contribution in [3.63, 3.8) is 0 Å². The van der Waals surface area contributed by atoms with Crippen LogP contribution in [0.4, 0.5) is 4.39 Å². The maximum atomic E-state index is 14.2. The summed E-state index contributed by atoms with van der Waals surface area (Å²) in [5.41, 5.74) is 1.48. The number of benzene rings is 2. The third-order valence-electron chi connectivity index (χ3n) is 2.80.